The molecule has 1 aliphatic carbocycles. The summed E-state index contributed by atoms with van der Waals surface area (Å²) in [6.07, 6.45) is 4.25. The van der Waals surface area contributed by atoms with Gasteiger partial charge >= 0.3 is 7.82 Å². The van der Waals surface area contributed by atoms with Crippen LogP contribution in [-0.2, 0) is 27.6 Å². The van der Waals surface area contributed by atoms with Gasteiger partial charge in [0.05, 0.1) is 32.8 Å². The summed E-state index contributed by atoms with van der Waals surface area (Å²) < 4.78 is 49.9. The van der Waals surface area contributed by atoms with E-state index in [9.17, 15) is 4.57 Å². The van der Waals surface area contributed by atoms with Crippen LogP contribution in [0.15, 0.2) is 6.33 Å². The van der Waals surface area contributed by atoms with Gasteiger partial charge in [-0.25, -0.2) is 9.55 Å². The van der Waals surface area contributed by atoms with Crippen molar-refractivity contribution in [3.05, 3.63) is 6.33 Å². The summed E-state index contributed by atoms with van der Waals surface area (Å²) in [6, 6.07) is 0. The van der Waals surface area contributed by atoms with Crippen LogP contribution in [0.2, 0.25) is 0 Å². The zero-order valence-electron chi connectivity index (χ0n) is 17.0. The van der Waals surface area contributed by atoms with Crippen molar-refractivity contribution in [2.75, 3.05) is 26.1 Å². The normalized spacial score (nSPS) is 37.9. The number of anilines is 1. The van der Waals surface area contributed by atoms with E-state index >= 15 is 0 Å². The lowest BCUT2D eigenvalue weighted by atomic mass is 9.86. The quantitative estimate of drug-likeness (QED) is 0.679. The minimum Gasteiger partial charge on any atom is -0.479 e. The number of phosphoric ester groups is 1. The molecule has 2 N–H and O–H groups in total. The number of imidazole rings is 1. The first kappa shape index (κ1) is 19.8. The zero-order valence-corrected chi connectivity index (χ0v) is 17.9. The molecule has 4 fully saturated rings. The van der Waals surface area contributed by atoms with E-state index in [2.05, 4.69) is 15.0 Å². The van der Waals surface area contributed by atoms with Gasteiger partial charge in [-0.05, 0) is 12.8 Å². The Hall–Kier alpha value is -1.82. The Morgan fingerprint density at radius 3 is 2.84 bits per heavy atom. The Bertz CT molecular complexity index is 1050. The van der Waals surface area contributed by atoms with Gasteiger partial charge in [0.25, 0.3) is 0 Å². The molecule has 0 bridgehead atoms. The average Bonchev–Trinajstić information content (AvgIpc) is 3.43. The molecule has 3 saturated heterocycles. The van der Waals surface area contributed by atoms with Crippen LogP contribution in [0.4, 0.5) is 5.95 Å². The van der Waals surface area contributed by atoms with Crippen molar-refractivity contribution in [2.45, 2.75) is 62.2 Å². The van der Waals surface area contributed by atoms with Crippen LogP contribution in [0.3, 0.4) is 0 Å². The minimum atomic E-state index is -3.71. The van der Waals surface area contributed by atoms with Crippen LogP contribution in [0.25, 0.3) is 11.2 Å². The van der Waals surface area contributed by atoms with Crippen molar-refractivity contribution >= 4 is 24.9 Å². The third kappa shape index (κ3) is 3.00. The first-order valence-corrected chi connectivity index (χ1v) is 11.9. The average molecular weight is 453 g/mol. The lowest BCUT2D eigenvalue weighted by Crippen LogP contribution is -2.58. The van der Waals surface area contributed by atoms with E-state index in [1.54, 1.807) is 10.9 Å². The molecule has 12 nitrogen and oxygen atoms in total. The van der Waals surface area contributed by atoms with Crippen molar-refractivity contribution in [3.63, 3.8) is 0 Å². The van der Waals surface area contributed by atoms with Gasteiger partial charge in [-0.1, -0.05) is 12.8 Å². The molecule has 5 heterocycles. The summed E-state index contributed by atoms with van der Waals surface area (Å²) in [6.45, 7) is 0.623. The number of phosphoric acid groups is 1. The Kier molecular flexibility index (Phi) is 4.54. The second-order valence-electron chi connectivity index (χ2n) is 8.28. The maximum Gasteiger partial charge on any atom is 0.475 e. The summed E-state index contributed by atoms with van der Waals surface area (Å²) in [5.74, 6) is 0.327. The highest BCUT2D eigenvalue weighted by Gasteiger charge is 2.67. The van der Waals surface area contributed by atoms with Gasteiger partial charge in [-0.3, -0.25) is 18.1 Å². The number of aromatic nitrogens is 4. The van der Waals surface area contributed by atoms with Crippen molar-refractivity contribution in [1.82, 2.24) is 19.5 Å². The fourth-order valence-electron chi connectivity index (χ4n) is 4.94. The molecule has 1 spiro atoms. The molecule has 5 atom stereocenters. The predicted octanol–water partition coefficient (Wildman–Crippen LogP) is 1.96. The minimum absolute atomic E-state index is 0.0548. The SMILES string of the molecule is COc1nc(N)nc2c1ncn2C1OC2COP(=O)(OC3CCCC3)O[C@H]2[C@]12CCO2. The summed E-state index contributed by atoms with van der Waals surface area (Å²) in [5, 5.41) is 0. The molecule has 0 aromatic carbocycles. The largest absolute Gasteiger partial charge is 0.479 e. The lowest BCUT2D eigenvalue weighted by Gasteiger charge is -2.46. The van der Waals surface area contributed by atoms with Crippen LogP contribution in [0, 0.1) is 0 Å². The monoisotopic (exact) mass is 453 g/mol. The van der Waals surface area contributed by atoms with E-state index < -0.39 is 31.9 Å². The first-order chi connectivity index (χ1) is 15.0. The smallest absolute Gasteiger partial charge is 0.475 e. The molecule has 0 radical (unpaired) electrons. The molecule has 6 rings (SSSR count). The molecule has 3 aliphatic heterocycles. The number of ether oxygens (including phenoxy) is 3. The third-order valence-corrected chi connectivity index (χ3v) is 7.98. The Morgan fingerprint density at radius 1 is 1.32 bits per heavy atom. The van der Waals surface area contributed by atoms with Crippen molar-refractivity contribution in [2.24, 2.45) is 0 Å². The Labute approximate surface area is 177 Å². The van der Waals surface area contributed by atoms with E-state index in [1.807, 2.05) is 0 Å². The van der Waals surface area contributed by atoms with E-state index in [1.165, 1.54) is 7.11 Å². The van der Waals surface area contributed by atoms with Crippen molar-refractivity contribution in [1.29, 1.82) is 0 Å². The molecule has 13 heteroatoms. The number of nitrogens with zero attached hydrogens (tertiary/aromatic N) is 4. The number of nitrogens with two attached hydrogens (primary N) is 1. The molecule has 2 aromatic heterocycles. The van der Waals surface area contributed by atoms with E-state index in [4.69, 9.17) is 33.5 Å². The number of rotatable bonds is 4. The Morgan fingerprint density at radius 2 is 2.13 bits per heavy atom. The number of hydrogen-bond donors (Lipinski definition) is 1. The number of hydrogen-bond acceptors (Lipinski definition) is 11. The van der Waals surface area contributed by atoms with Crippen molar-refractivity contribution in [3.8, 4) is 5.88 Å². The van der Waals surface area contributed by atoms with Gasteiger partial charge in [0.2, 0.25) is 11.8 Å². The van der Waals surface area contributed by atoms with Gasteiger partial charge in [-0.2, -0.15) is 9.97 Å². The number of nitrogen functional groups attached to an aromatic ring is 1. The second-order valence-corrected chi connectivity index (χ2v) is 9.85. The van der Waals surface area contributed by atoms with Crippen LogP contribution in [-0.4, -0.2) is 63.8 Å². The van der Waals surface area contributed by atoms with E-state index in [0.29, 0.717) is 24.2 Å². The Balaban J connectivity index is 1.34. The maximum atomic E-state index is 13.2. The molecule has 31 heavy (non-hydrogen) atoms. The van der Waals surface area contributed by atoms with Gasteiger partial charge in [0.1, 0.15) is 17.8 Å². The molecule has 168 valence electrons. The fraction of sp³-hybridized carbons (Fsp3) is 0.722. The molecular weight excluding hydrogens is 429 g/mol. The first-order valence-electron chi connectivity index (χ1n) is 10.5. The topological polar surface area (TPSA) is 142 Å². The summed E-state index contributed by atoms with van der Waals surface area (Å²) in [4.78, 5) is 12.8. The third-order valence-electron chi connectivity index (χ3n) is 6.48. The molecular formula is C18H24N5O7P. The highest BCUT2D eigenvalue weighted by molar-refractivity contribution is 7.48. The number of methoxy groups -OCH3 is 1. The summed E-state index contributed by atoms with van der Waals surface area (Å²) >= 11 is 0. The molecule has 2 aromatic rings. The van der Waals surface area contributed by atoms with Gasteiger partial charge in [0.15, 0.2) is 17.4 Å². The molecule has 3 unspecified atom stereocenters. The van der Waals surface area contributed by atoms with Crippen LogP contribution in [0.1, 0.15) is 38.3 Å². The predicted molar refractivity (Wildman–Crippen MR) is 105 cm³/mol. The second kappa shape index (κ2) is 7.09. The van der Waals surface area contributed by atoms with Crippen molar-refractivity contribution < 1.29 is 32.3 Å². The summed E-state index contributed by atoms with van der Waals surface area (Å²) in [5.41, 5.74) is 5.91. The van der Waals surface area contributed by atoms with Gasteiger partial charge < -0.3 is 19.9 Å². The van der Waals surface area contributed by atoms with Crippen LogP contribution < -0.4 is 10.5 Å². The highest BCUT2D eigenvalue weighted by atomic mass is 31.2. The van der Waals surface area contributed by atoms with Gasteiger partial charge in [-0.15, -0.1) is 0 Å². The molecule has 1 saturated carbocycles. The fourth-order valence-corrected chi connectivity index (χ4v) is 6.60. The lowest BCUT2D eigenvalue weighted by molar-refractivity contribution is -0.224. The van der Waals surface area contributed by atoms with Crippen LogP contribution in [0.5, 0.6) is 5.88 Å². The standard InChI is InChI=1S/C18H24N5O7P/c1-25-15-12-14(21-17(19)22-15)23(9-20-12)16-18(6-7-26-18)13-11(28-16)8-27-31(24,30-13)29-10-4-2-3-5-10/h9-11,13,16H,2-8H2,1H3,(H2,19,21,22)/t11?,13-,16?,18-,31?/m1/s1. The van der Waals surface area contributed by atoms with Crippen LogP contribution >= 0.6 is 7.82 Å². The molecule has 0 amide bonds. The van der Waals surface area contributed by atoms with E-state index in [0.717, 1.165) is 25.7 Å². The summed E-state index contributed by atoms with van der Waals surface area (Å²) in [7, 11) is -2.22. The maximum absolute atomic E-state index is 13.2. The highest BCUT2D eigenvalue weighted by Crippen LogP contribution is 2.62. The van der Waals surface area contributed by atoms with Gasteiger partial charge in [0, 0.05) is 6.42 Å². The number of fused-ring (bicyclic) bond motifs is 3. The zero-order chi connectivity index (χ0) is 21.2. The molecule has 4 aliphatic rings. The van der Waals surface area contributed by atoms with E-state index in [-0.39, 0.29) is 24.5 Å².